The number of ether oxygens (including phenoxy) is 1. The van der Waals surface area contributed by atoms with Gasteiger partial charge in [0, 0.05) is 6.42 Å². The summed E-state index contributed by atoms with van der Waals surface area (Å²) in [5.41, 5.74) is 0. The first kappa shape index (κ1) is 10.4. The highest BCUT2D eigenvalue weighted by atomic mass is 32.2. The van der Waals surface area contributed by atoms with Crippen molar-refractivity contribution in [1.82, 2.24) is 5.32 Å². The van der Waals surface area contributed by atoms with E-state index in [-0.39, 0.29) is 17.3 Å². The lowest BCUT2D eigenvalue weighted by Gasteiger charge is -2.08. The molecule has 1 atom stereocenters. The summed E-state index contributed by atoms with van der Waals surface area (Å²) in [6, 6.07) is 0. The largest absolute Gasteiger partial charge is 0.465 e. The maximum atomic E-state index is 10.9. The van der Waals surface area contributed by atoms with Crippen LogP contribution in [-0.2, 0) is 14.3 Å². The zero-order valence-corrected chi connectivity index (χ0v) is 8.36. The van der Waals surface area contributed by atoms with Crippen molar-refractivity contribution in [2.45, 2.75) is 25.1 Å². The van der Waals surface area contributed by atoms with E-state index in [9.17, 15) is 9.59 Å². The Balaban J connectivity index is 2.12. The molecule has 5 heteroatoms. The molecule has 0 aromatic rings. The molecule has 1 heterocycles. The third-order valence-corrected chi connectivity index (χ3v) is 2.82. The van der Waals surface area contributed by atoms with E-state index >= 15 is 0 Å². The van der Waals surface area contributed by atoms with Gasteiger partial charge < -0.3 is 10.1 Å². The number of thioether (sulfide) groups is 1. The van der Waals surface area contributed by atoms with Gasteiger partial charge in [0.1, 0.15) is 0 Å². The summed E-state index contributed by atoms with van der Waals surface area (Å²) < 4.78 is 4.76. The maximum absolute atomic E-state index is 10.9. The van der Waals surface area contributed by atoms with E-state index in [1.54, 1.807) is 6.92 Å². The molecule has 0 aliphatic carbocycles. The molecular weight excluding hydrogens is 190 g/mol. The van der Waals surface area contributed by atoms with Crippen molar-refractivity contribution in [2.75, 3.05) is 12.4 Å². The lowest BCUT2D eigenvalue weighted by Crippen LogP contribution is -2.23. The van der Waals surface area contributed by atoms with E-state index in [4.69, 9.17) is 4.74 Å². The standard InChI is InChI=1S/C8H13NO3S/c1-2-12-8(11)5-13-7-4-3-6(10)9-7/h7H,2-5H2,1H3,(H,9,10)/t7-/m1/s1. The Kier molecular flexibility index (Phi) is 4.08. The van der Waals surface area contributed by atoms with Crippen LogP contribution in [0.2, 0.25) is 0 Å². The lowest BCUT2D eigenvalue weighted by atomic mass is 10.4. The van der Waals surface area contributed by atoms with Gasteiger partial charge in [0.15, 0.2) is 0 Å². The minimum absolute atomic E-state index is 0.0707. The van der Waals surface area contributed by atoms with Gasteiger partial charge in [0.2, 0.25) is 5.91 Å². The summed E-state index contributed by atoms with van der Waals surface area (Å²) in [6.07, 6.45) is 1.38. The van der Waals surface area contributed by atoms with Crippen molar-refractivity contribution >= 4 is 23.6 Å². The summed E-state index contributed by atoms with van der Waals surface area (Å²) >= 11 is 1.43. The van der Waals surface area contributed by atoms with Crippen LogP contribution in [0.15, 0.2) is 0 Å². The van der Waals surface area contributed by atoms with E-state index in [1.807, 2.05) is 0 Å². The smallest absolute Gasteiger partial charge is 0.315 e. The number of rotatable bonds is 4. The molecule has 1 aliphatic heterocycles. The Morgan fingerprint density at radius 1 is 1.77 bits per heavy atom. The topological polar surface area (TPSA) is 55.4 Å². The van der Waals surface area contributed by atoms with Crippen LogP contribution in [0.25, 0.3) is 0 Å². The maximum Gasteiger partial charge on any atom is 0.315 e. The Morgan fingerprint density at radius 3 is 3.08 bits per heavy atom. The van der Waals surface area contributed by atoms with Crippen molar-refractivity contribution < 1.29 is 14.3 Å². The summed E-state index contributed by atoms with van der Waals surface area (Å²) in [6.45, 7) is 2.19. The van der Waals surface area contributed by atoms with Crippen molar-refractivity contribution in [1.29, 1.82) is 0 Å². The lowest BCUT2D eigenvalue weighted by molar-refractivity contribution is -0.139. The number of esters is 1. The second-order valence-corrected chi connectivity index (χ2v) is 3.90. The van der Waals surface area contributed by atoms with Gasteiger partial charge in [0.25, 0.3) is 0 Å². The number of carbonyl (C=O) groups excluding carboxylic acids is 2. The van der Waals surface area contributed by atoms with Crippen molar-refractivity contribution in [2.24, 2.45) is 0 Å². The van der Waals surface area contributed by atoms with Gasteiger partial charge in [-0.05, 0) is 13.3 Å². The molecule has 74 valence electrons. The third kappa shape index (κ3) is 3.67. The molecule has 1 aliphatic rings. The normalized spacial score (nSPS) is 21.3. The Morgan fingerprint density at radius 2 is 2.54 bits per heavy atom. The monoisotopic (exact) mass is 203 g/mol. The van der Waals surface area contributed by atoms with Crippen molar-refractivity contribution in [3.63, 3.8) is 0 Å². The first-order chi connectivity index (χ1) is 6.22. The average molecular weight is 203 g/mol. The highest BCUT2D eigenvalue weighted by molar-refractivity contribution is 8.00. The molecule has 1 N–H and O–H groups in total. The summed E-state index contributed by atoms with van der Waals surface area (Å²) in [7, 11) is 0. The van der Waals surface area contributed by atoms with Gasteiger partial charge in [-0.25, -0.2) is 0 Å². The van der Waals surface area contributed by atoms with Crippen LogP contribution in [0.3, 0.4) is 0 Å². The van der Waals surface area contributed by atoms with Crippen LogP contribution in [-0.4, -0.2) is 29.6 Å². The number of carbonyl (C=O) groups is 2. The van der Waals surface area contributed by atoms with Crippen LogP contribution in [0.4, 0.5) is 0 Å². The van der Waals surface area contributed by atoms with E-state index in [1.165, 1.54) is 11.8 Å². The first-order valence-electron chi connectivity index (χ1n) is 4.29. The fourth-order valence-corrected chi connectivity index (χ4v) is 2.00. The SMILES string of the molecule is CCOC(=O)CS[C@@H]1CCC(=O)N1. The molecule has 1 fully saturated rings. The Bertz CT molecular complexity index is 208. The number of hydrogen-bond acceptors (Lipinski definition) is 4. The predicted octanol–water partition coefficient (Wildman–Crippen LogP) is 0.519. The highest BCUT2D eigenvalue weighted by Gasteiger charge is 2.21. The van der Waals surface area contributed by atoms with E-state index in [2.05, 4.69) is 5.32 Å². The third-order valence-electron chi connectivity index (χ3n) is 1.66. The van der Waals surface area contributed by atoms with Gasteiger partial charge in [-0.3, -0.25) is 9.59 Å². The quantitative estimate of drug-likeness (QED) is 0.677. The number of hydrogen-bond donors (Lipinski definition) is 1. The van der Waals surface area contributed by atoms with Crippen LogP contribution >= 0.6 is 11.8 Å². The molecular formula is C8H13NO3S. The molecule has 13 heavy (non-hydrogen) atoms. The fraction of sp³-hybridized carbons (Fsp3) is 0.750. The summed E-state index contributed by atoms with van der Waals surface area (Å²) in [4.78, 5) is 21.7. The van der Waals surface area contributed by atoms with E-state index in [0.717, 1.165) is 6.42 Å². The molecule has 1 amide bonds. The van der Waals surface area contributed by atoms with Gasteiger partial charge in [-0.2, -0.15) is 0 Å². The van der Waals surface area contributed by atoms with Crippen LogP contribution in [0.5, 0.6) is 0 Å². The molecule has 0 radical (unpaired) electrons. The molecule has 0 spiro atoms. The van der Waals surface area contributed by atoms with Gasteiger partial charge in [-0.1, -0.05) is 0 Å². The van der Waals surface area contributed by atoms with Crippen molar-refractivity contribution in [3.05, 3.63) is 0 Å². The predicted molar refractivity (Wildman–Crippen MR) is 50.3 cm³/mol. The molecule has 1 saturated heterocycles. The summed E-state index contributed by atoms with van der Waals surface area (Å²) in [5, 5.41) is 2.86. The fourth-order valence-electron chi connectivity index (χ4n) is 1.08. The zero-order chi connectivity index (χ0) is 9.68. The second-order valence-electron chi connectivity index (χ2n) is 2.71. The number of amides is 1. The van der Waals surface area contributed by atoms with Gasteiger partial charge in [-0.15, -0.1) is 11.8 Å². The molecule has 4 nitrogen and oxygen atoms in total. The van der Waals surface area contributed by atoms with E-state index in [0.29, 0.717) is 18.8 Å². The molecule has 0 aromatic carbocycles. The molecule has 0 unspecified atom stereocenters. The minimum atomic E-state index is -0.214. The van der Waals surface area contributed by atoms with Gasteiger partial charge >= 0.3 is 5.97 Å². The Labute approximate surface area is 81.4 Å². The number of nitrogens with one attached hydrogen (secondary N) is 1. The Hall–Kier alpha value is -0.710. The molecule has 0 saturated carbocycles. The first-order valence-corrected chi connectivity index (χ1v) is 5.34. The summed E-state index contributed by atoms with van der Waals surface area (Å²) in [5.74, 6) is 0.175. The molecule has 1 rings (SSSR count). The highest BCUT2D eigenvalue weighted by Crippen LogP contribution is 2.18. The molecule has 0 aromatic heterocycles. The van der Waals surface area contributed by atoms with Crippen molar-refractivity contribution in [3.8, 4) is 0 Å². The zero-order valence-electron chi connectivity index (χ0n) is 7.54. The minimum Gasteiger partial charge on any atom is -0.465 e. The second kappa shape index (κ2) is 5.11. The van der Waals surface area contributed by atoms with Gasteiger partial charge in [0.05, 0.1) is 17.7 Å². The molecule has 0 bridgehead atoms. The van der Waals surface area contributed by atoms with Crippen LogP contribution in [0.1, 0.15) is 19.8 Å². The van der Waals surface area contributed by atoms with Crippen LogP contribution in [0, 0.1) is 0 Å². The van der Waals surface area contributed by atoms with E-state index < -0.39 is 0 Å². The average Bonchev–Trinajstić information content (AvgIpc) is 2.49. The van der Waals surface area contributed by atoms with Crippen LogP contribution < -0.4 is 5.32 Å².